The van der Waals surface area contributed by atoms with E-state index < -0.39 is 0 Å². The highest BCUT2D eigenvalue weighted by Crippen LogP contribution is 2.54. The number of nitrogens with two attached hydrogens (primary N) is 1. The van der Waals surface area contributed by atoms with Crippen molar-refractivity contribution in [2.45, 2.75) is 64.5 Å². The van der Waals surface area contributed by atoms with Crippen molar-refractivity contribution in [3.8, 4) is 0 Å². The monoisotopic (exact) mass is 222 g/mol. The van der Waals surface area contributed by atoms with Crippen LogP contribution in [0.5, 0.6) is 0 Å². The molecule has 4 saturated carbocycles. The molecule has 16 heavy (non-hydrogen) atoms. The van der Waals surface area contributed by atoms with Crippen molar-refractivity contribution in [1.29, 1.82) is 0 Å². The maximum absolute atomic E-state index is 6.39. The molecule has 0 aliphatic heterocycles. The van der Waals surface area contributed by atoms with Crippen LogP contribution >= 0.6 is 0 Å². The van der Waals surface area contributed by atoms with Gasteiger partial charge in [0.1, 0.15) is 0 Å². The standard InChI is InChI=1S/C14H26N2/c1-3-9(2)16(15)14-12-5-10-4-11(7-12)8-13(14)6-10/h9-14H,3-8,15H2,1-2H3. The Morgan fingerprint density at radius 2 is 1.56 bits per heavy atom. The fourth-order valence-corrected chi connectivity index (χ4v) is 4.89. The molecule has 0 aromatic carbocycles. The average Bonchev–Trinajstić information content (AvgIpc) is 2.26. The van der Waals surface area contributed by atoms with Gasteiger partial charge in [-0.2, -0.15) is 0 Å². The minimum Gasteiger partial charge on any atom is -0.268 e. The van der Waals surface area contributed by atoms with Crippen LogP contribution in [0.1, 0.15) is 52.4 Å². The van der Waals surface area contributed by atoms with Crippen LogP contribution in [0.25, 0.3) is 0 Å². The van der Waals surface area contributed by atoms with E-state index in [-0.39, 0.29) is 0 Å². The zero-order valence-electron chi connectivity index (χ0n) is 10.7. The second-order valence-electron chi connectivity index (χ2n) is 6.63. The Morgan fingerprint density at radius 3 is 2.00 bits per heavy atom. The maximum atomic E-state index is 6.39. The summed E-state index contributed by atoms with van der Waals surface area (Å²) in [6, 6.07) is 1.27. The molecule has 0 aromatic rings. The van der Waals surface area contributed by atoms with Gasteiger partial charge in [-0.05, 0) is 69.1 Å². The molecule has 0 radical (unpaired) electrons. The molecule has 0 amide bonds. The maximum Gasteiger partial charge on any atom is 0.0300 e. The van der Waals surface area contributed by atoms with Gasteiger partial charge in [-0.15, -0.1) is 0 Å². The van der Waals surface area contributed by atoms with Gasteiger partial charge in [0.2, 0.25) is 0 Å². The van der Waals surface area contributed by atoms with Gasteiger partial charge in [0.05, 0.1) is 0 Å². The second-order valence-corrected chi connectivity index (χ2v) is 6.63. The summed E-state index contributed by atoms with van der Waals surface area (Å²) < 4.78 is 0. The predicted octanol–water partition coefficient (Wildman–Crippen LogP) is 2.79. The molecule has 2 N–H and O–H groups in total. The average molecular weight is 222 g/mol. The van der Waals surface area contributed by atoms with Crippen LogP contribution in [0, 0.1) is 23.7 Å². The minimum absolute atomic E-state index is 0.558. The first kappa shape index (κ1) is 11.0. The fraction of sp³-hybridized carbons (Fsp3) is 1.00. The highest BCUT2D eigenvalue weighted by Gasteiger charge is 2.50. The van der Waals surface area contributed by atoms with Crippen LogP contribution in [0.15, 0.2) is 0 Å². The van der Waals surface area contributed by atoms with Crippen molar-refractivity contribution in [3.63, 3.8) is 0 Å². The number of hydrogen-bond donors (Lipinski definition) is 1. The normalized spacial score (nSPS) is 47.6. The van der Waals surface area contributed by atoms with Gasteiger partial charge in [-0.1, -0.05) is 6.92 Å². The van der Waals surface area contributed by atoms with Gasteiger partial charge in [0, 0.05) is 12.1 Å². The molecule has 2 heteroatoms. The Balaban J connectivity index is 1.76. The van der Waals surface area contributed by atoms with Crippen molar-refractivity contribution in [2.24, 2.45) is 29.5 Å². The molecular weight excluding hydrogens is 196 g/mol. The first-order valence-electron chi connectivity index (χ1n) is 7.22. The third-order valence-corrected chi connectivity index (χ3v) is 5.62. The van der Waals surface area contributed by atoms with Crippen LogP contribution in [0.4, 0.5) is 0 Å². The Labute approximate surface area is 99.5 Å². The van der Waals surface area contributed by atoms with Gasteiger partial charge in [0.25, 0.3) is 0 Å². The molecule has 0 saturated heterocycles. The lowest BCUT2D eigenvalue weighted by Crippen LogP contribution is -2.60. The third kappa shape index (κ3) is 1.62. The number of nitrogens with zero attached hydrogens (tertiary/aromatic N) is 1. The molecule has 4 aliphatic rings. The van der Waals surface area contributed by atoms with E-state index in [9.17, 15) is 0 Å². The van der Waals surface area contributed by atoms with E-state index in [0.29, 0.717) is 12.1 Å². The molecule has 92 valence electrons. The van der Waals surface area contributed by atoms with Crippen LogP contribution in [-0.2, 0) is 0 Å². The van der Waals surface area contributed by atoms with E-state index in [1.807, 2.05) is 0 Å². The molecule has 4 aliphatic carbocycles. The van der Waals surface area contributed by atoms with E-state index in [4.69, 9.17) is 5.84 Å². The highest BCUT2D eigenvalue weighted by atomic mass is 15.4. The van der Waals surface area contributed by atoms with Gasteiger partial charge < -0.3 is 0 Å². The summed E-state index contributed by atoms with van der Waals surface area (Å²) in [6.07, 6.45) is 8.61. The SMILES string of the molecule is CCC(C)N(N)C1C2CC3CC(C2)CC1C3. The molecule has 2 nitrogen and oxygen atoms in total. The molecule has 4 rings (SSSR count). The Morgan fingerprint density at radius 1 is 1.06 bits per heavy atom. The lowest BCUT2D eigenvalue weighted by molar-refractivity contribution is -0.0779. The number of hydrogen-bond acceptors (Lipinski definition) is 2. The smallest absolute Gasteiger partial charge is 0.0300 e. The Bertz CT molecular complexity index is 233. The van der Waals surface area contributed by atoms with Gasteiger partial charge >= 0.3 is 0 Å². The van der Waals surface area contributed by atoms with Crippen molar-refractivity contribution in [2.75, 3.05) is 0 Å². The fourth-order valence-electron chi connectivity index (χ4n) is 4.89. The summed E-state index contributed by atoms with van der Waals surface area (Å²) in [5.74, 6) is 10.4. The van der Waals surface area contributed by atoms with E-state index in [0.717, 1.165) is 23.7 Å². The summed E-state index contributed by atoms with van der Waals surface area (Å²) in [7, 11) is 0. The summed E-state index contributed by atoms with van der Waals surface area (Å²) >= 11 is 0. The lowest BCUT2D eigenvalue weighted by atomic mass is 9.54. The quantitative estimate of drug-likeness (QED) is 0.588. The van der Waals surface area contributed by atoms with Gasteiger partial charge in [-0.25, -0.2) is 5.01 Å². The van der Waals surface area contributed by atoms with E-state index in [2.05, 4.69) is 18.9 Å². The van der Waals surface area contributed by atoms with Crippen LogP contribution < -0.4 is 5.84 Å². The summed E-state index contributed by atoms with van der Waals surface area (Å²) in [4.78, 5) is 0. The summed E-state index contributed by atoms with van der Waals surface area (Å²) in [5.41, 5.74) is 0. The van der Waals surface area contributed by atoms with E-state index in [1.54, 1.807) is 0 Å². The highest BCUT2D eigenvalue weighted by molar-refractivity contribution is 5.01. The lowest BCUT2D eigenvalue weighted by Gasteiger charge is -2.57. The van der Waals surface area contributed by atoms with Gasteiger partial charge in [-0.3, -0.25) is 5.84 Å². The van der Waals surface area contributed by atoms with Crippen LogP contribution in [0.3, 0.4) is 0 Å². The van der Waals surface area contributed by atoms with Crippen molar-refractivity contribution in [3.05, 3.63) is 0 Å². The Hall–Kier alpha value is -0.0800. The van der Waals surface area contributed by atoms with E-state index >= 15 is 0 Å². The number of hydrazine groups is 1. The molecule has 0 aromatic heterocycles. The first-order valence-corrected chi connectivity index (χ1v) is 7.22. The third-order valence-electron chi connectivity index (χ3n) is 5.62. The molecule has 4 fully saturated rings. The molecule has 0 spiro atoms. The van der Waals surface area contributed by atoms with Crippen molar-refractivity contribution < 1.29 is 0 Å². The summed E-state index contributed by atoms with van der Waals surface area (Å²) in [5, 5.41) is 2.23. The first-order chi connectivity index (χ1) is 7.69. The zero-order valence-corrected chi connectivity index (χ0v) is 10.7. The molecule has 1 atom stereocenters. The molecule has 4 bridgehead atoms. The summed E-state index contributed by atoms with van der Waals surface area (Å²) in [6.45, 7) is 4.53. The van der Waals surface area contributed by atoms with Crippen LogP contribution in [-0.4, -0.2) is 17.1 Å². The Kier molecular flexibility index (Phi) is 2.75. The van der Waals surface area contributed by atoms with Crippen molar-refractivity contribution >= 4 is 0 Å². The molecule has 1 unspecified atom stereocenters. The van der Waals surface area contributed by atoms with Crippen LogP contribution in [0.2, 0.25) is 0 Å². The van der Waals surface area contributed by atoms with Gasteiger partial charge in [0.15, 0.2) is 0 Å². The van der Waals surface area contributed by atoms with Crippen molar-refractivity contribution in [1.82, 2.24) is 5.01 Å². The molecular formula is C14H26N2. The topological polar surface area (TPSA) is 29.3 Å². The molecule has 0 heterocycles. The minimum atomic E-state index is 0.558. The predicted molar refractivity (Wildman–Crippen MR) is 66.6 cm³/mol. The number of rotatable bonds is 3. The van der Waals surface area contributed by atoms with E-state index in [1.165, 1.54) is 38.5 Å². The second kappa shape index (κ2) is 3.99. The zero-order chi connectivity index (χ0) is 11.3. The largest absolute Gasteiger partial charge is 0.268 e.